The van der Waals surface area contributed by atoms with Crippen molar-refractivity contribution in [1.29, 1.82) is 0 Å². The fourth-order valence-electron chi connectivity index (χ4n) is 3.94. The van der Waals surface area contributed by atoms with Crippen molar-refractivity contribution in [2.24, 2.45) is 0 Å². The molecule has 0 amide bonds. The van der Waals surface area contributed by atoms with Crippen molar-refractivity contribution < 1.29 is 14.3 Å². The van der Waals surface area contributed by atoms with E-state index in [4.69, 9.17) is 9.47 Å². The van der Waals surface area contributed by atoms with E-state index in [9.17, 15) is 4.79 Å². The summed E-state index contributed by atoms with van der Waals surface area (Å²) in [5.41, 5.74) is 5.92. The Balaban J connectivity index is 1.40. The third-order valence-electron chi connectivity index (χ3n) is 5.58. The zero-order chi connectivity index (χ0) is 20.8. The number of pyridine rings is 1. The third-order valence-corrected chi connectivity index (χ3v) is 5.58. The molecule has 1 aliphatic rings. The predicted octanol–water partition coefficient (Wildman–Crippen LogP) is 5.88. The number of aryl methyl sites for hydroxylation is 1. The van der Waals surface area contributed by atoms with Crippen LogP contribution in [0, 0.1) is 0 Å². The molecule has 1 aliphatic carbocycles. The molecule has 1 heterocycles. The van der Waals surface area contributed by atoms with E-state index in [-0.39, 0.29) is 5.97 Å². The molecule has 4 nitrogen and oxygen atoms in total. The number of methoxy groups -OCH3 is 1. The van der Waals surface area contributed by atoms with Gasteiger partial charge in [0.05, 0.1) is 18.3 Å². The number of para-hydroxylation sites is 1. The molecule has 1 aromatic heterocycles. The maximum absolute atomic E-state index is 11.3. The maximum atomic E-state index is 11.3. The lowest BCUT2D eigenvalue weighted by molar-refractivity contribution is -0.140. The van der Waals surface area contributed by atoms with Crippen molar-refractivity contribution in [1.82, 2.24) is 4.98 Å². The lowest BCUT2D eigenvalue weighted by Gasteiger charge is -2.19. The third kappa shape index (κ3) is 4.88. The van der Waals surface area contributed by atoms with Crippen LogP contribution in [0.2, 0.25) is 0 Å². The second-order valence-corrected chi connectivity index (χ2v) is 7.65. The van der Waals surface area contributed by atoms with Gasteiger partial charge >= 0.3 is 5.97 Å². The lowest BCUT2D eigenvalue weighted by atomic mass is 9.88. The normalized spacial score (nSPS) is 12.9. The zero-order valence-electron chi connectivity index (χ0n) is 17.4. The highest BCUT2D eigenvalue weighted by atomic mass is 16.5. The van der Waals surface area contributed by atoms with Crippen LogP contribution in [0.5, 0.6) is 5.75 Å². The van der Waals surface area contributed by atoms with Gasteiger partial charge in [-0.05, 0) is 73.1 Å². The van der Waals surface area contributed by atoms with Gasteiger partial charge in [0.2, 0.25) is 0 Å². The van der Waals surface area contributed by atoms with Crippen LogP contribution in [-0.4, -0.2) is 18.1 Å². The van der Waals surface area contributed by atoms with E-state index in [1.54, 1.807) is 0 Å². The minimum absolute atomic E-state index is 0.133. The number of nitrogens with zero attached hydrogens (tertiary/aromatic N) is 1. The first kappa shape index (κ1) is 20.1. The van der Waals surface area contributed by atoms with Crippen LogP contribution in [0.4, 0.5) is 0 Å². The van der Waals surface area contributed by atoms with Gasteiger partial charge in [-0.1, -0.05) is 36.4 Å². The first-order valence-corrected chi connectivity index (χ1v) is 10.6. The number of ether oxygens (including phenoxy) is 2. The van der Waals surface area contributed by atoms with Crippen LogP contribution < -0.4 is 4.74 Å². The van der Waals surface area contributed by atoms with Gasteiger partial charge < -0.3 is 9.47 Å². The zero-order valence-corrected chi connectivity index (χ0v) is 17.4. The second-order valence-electron chi connectivity index (χ2n) is 7.65. The van der Waals surface area contributed by atoms with Gasteiger partial charge in [-0.15, -0.1) is 0 Å². The summed E-state index contributed by atoms with van der Waals surface area (Å²) in [5.74, 6) is 0.733. The summed E-state index contributed by atoms with van der Waals surface area (Å²) in [7, 11) is 1.44. The van der Waals surface area contributed by atoms with E-state index in [2.05, 4.69) is 41.4 Å². The number of fused-ring (bicyclic) bond motifs is 2. The van der Waals surface area contributed by atoms with Gasteiger partial charge in [0, 0.05) is 11.8 Å². The van der Waals surface area contributed by atoms with Crippen LogP contribution in [0.25, 0.3) is 16.5 Å². The number of allylic oxidation sites excluding steroid dienone is 2. The summed E-state index contributed by atoms with van der Waals surface area (Å²) in [6.45, 7) is 0.446. The van der Waals surface area contributed by atoms with E-state index in [1.807, 2.05) is 24.3 Å². The van der Waals surface area contributed by atoms with Crippen LogP contribution >= 0.6 is 0 Å². The average Bonchev–Trinajstić information content (AvgIpc) is 2.80. The minimum atomic E-state index is -0.133. The predicted molar refractivity (Wildman–Crippen MR) is 119 cm³/mol. The minimum Gasteiger partial charge on any atom is -0.487 e. The topological polar surface area (TPSA) is 48.4 Å². The molecule has 30 heavy (non-hydrogen) atoms. The van der Waals surface area contributed by atoms with Gasteiger partial charge in [-0.2, -0.15) is 0 Å². The largest absolute Gasteiger partial charge is 0.487 e. The molecule has 0 aliphatic heterocycles. The molecule has 0 saturated carbocycles. The molecule has 2 aromatic carbocycles. The molecule has 0 bridgehead atoms. The first-order valence-electron chi connectivity index (χ1n) is 10.6. The molecule has 4 rings (SSSR count). The molecule has 0 unspecified atom stereocenters. The van der Waals surface area contributed by atoms with Crippen molar-refractivity contribution in [3.63, 3.8) is 0 Å². The van der Waals surface area contributed by atoms with Gasteiger partial charge in [-0.3, -0.25) is 4.79 Å². The number of hydrogen-bond donors (Lipinski definition) is 0. The van der Waals surface area contributed by atoms with Crippen LogP contribution in [0.1, 0.15) is 48.9 Å². The summed E-state index contributed by atoms with van der Waals surface area (Å²) in [4.78, 5) is 16.0. The van der Waals surface area contributed by atoms with Crippen LogP contribution in [-0.2, 0) is 22.6 Å². The van der Waals surface area contributed by atoms with Gasteiger partial charge in [-0.25, -0.2) is 4.98 Å². The Morgan fingerprint density at radius 2 is 1.97 bits per heavy atom. The molecule has 3 aromatic rings. The molecule has 0 fully saturated rings. The standard InChI is InChI=1S/C26H27NO3/c1-29-26(28)12-5-3-7-19-9-6-10-20-14-16-23(17-24(19)20)30-18-22-15-13-21-8-2-4-11-25(21)27-22/h2,4,8-9,11,13-17H,3,5-7,10,12,18H2,1H3. The fourth-order valence-corrected chi connectivity index (χ4v) is 3.94. The fraction of sp³-hybridized carbons (Fsp3) is 0.308. The quantitative estimate of drug-likeness (QED) is 0.349. The molecule has 4 heteroatoms. The van der Waals surface area contributed by atoms with Crippen molar-refractivity contribution >= 4 is 22.4 Å². The summed E-state index contributed by atoms with van der Waals surface area (Å²) in [6.07, 6.45) is 7.75. The summed E-state index contributed by atoms with van der Waals surface area (Å²) in [6, 6.07) is 18.6. The number of aromatic nitrogens is 1. The van der Waals surface area contributed by atoms with Gasteiger partial charge in [0.15, 0.2) is 0 Å². The van der Waals surface area contributed by atoms with E-state index in [0.717, 1.165) is 54.5 Å². The highest BCUT2D eigenvalue weighted by Crippen LogP contribution is 2.33. The maximum Gasteiger partial charge on any atom is 0.305 e. The highest BCUT2D eigenvalue weighted by Gasteiger charge is 2.14. The van der Waals surface area contributed by atoms with Crippen LogP contribution in [0.15, 0.2) is 60.7 Å². The SMILES string of the molecule is COC(=O)CCCCC1=CCCc2ccc(OCc3ccc4ccccc4n3)cc21. The molecular weight excluding hydrogens is 374 g/mol. The second kappa shape index (κ2) is 9.57. The van der Waals surface area contributed by atoms with Crippen LogP contribution in [0.3, 0.4) is 0 Å². The average molecular weight is 402 g/mol. The van der Waals surface area contributed by atoms with Crippen molar-refractivity contribution in [2.75, 3.05) is 7.11 Å². The van der Waals surface area contributed by atoms with E-state index in [0.29, 0.717) is 13.0 Å². The molecule has 0 spiro atoms. The molecule has 154 valence electrons. The smallest absolute Gasteiger partial charge is 0.305 e. The molecule has 0 radical (unpaired) electrons. The number of hydrogen-bond acceptors (Lipinski definition) is 4. The van der Waals surface area contributed by atoms with E-state index >= 15 is 0 Å². The van der Waals surface area contributed by atoms with Gasteiger partial charge in [0.25, 0.3) is 0 Å². The Hall–Kier alpha value is -3.14. The monoisotopic (exact) mass is 401 g/mol. The molecule has 0 N–H and O–H groups in total. The summed E-state index contributed by atoms with van der Waals surface area (Å²) < 4.78 is 10.8. The lowest BCUT2D eigenvalue weighted by Crippen LogP contribution is -2.03. The van der Waals surface area contributed by atoms with Crippen molar-refractivity contribution in [3.8, 4) is 5.75 Å². The Morgan fingerprint density at radius 3 is 2.87 bits per heavy atom. The van der Waals surface area contributed by atoms with Gasteiger partial charge in [0.1, 0.15) is 12.4 Å². The molecular formula is C26H27NO3. The van der Waals surface area contributed by atoms with E-state index < -0.39 is 0 Å². The van der Waals surface area contributed by atoms with E-state index in [1.165, 1.54) is 23.8 Å². The number of esters is 1. The van der Waals surface area contributed by atoms with Crippen molar-refractivity contribution in [3.05, 3.63) is 77.5 Å². The number of carbonyl (C=O) groups excluding carboxylic acids is 1. The number of carbonyl (C=O) groups is 1. The number of benzene rings is 2. The Morgan fingerprint density at radius 1 is 1.07 bits per heavy atom. The number of rotatable bonds is 8. The van der Waals surface area contributed by atoms with Crippen molar-refractivity contribution in [2.45, 2.75) is 45.1 Å². The molecule has 0 saturated heterocycles. The summed E-state index contributed by atoms with van der Waals surface area (Å²) >= 11 is 0. The Bertz CT molecular complexity index is 1070. The highest BCUT2D eigenvalue weighted by molar-refractivity contribution is 5.78. The first-order chi connectivity index (χ1) is 14.7. The molecule has 0 atom stereocenters. The number of unbranched alkanes of at least 4 members (excludes halogenated alkanes) is 1. The Labute approximate surface area is 177 Å². The summed E-state index contributed by atoms with van der Waals surface area (Å²) in [5, 5.41) is 1.14. The Kier molecular flexibility index (Phi) is 6.43.